The van der Waals surface area contributed by atoms with Gasteiger partial charge in [0.05, 0.1) is 6.04 Å². The number of ether oxygens (including phenoxy) is 1. The average molecular weight is 333 g/mol. The molecule has 0 saturated carbocycles. The van der Waals surface area contributed by atoms with E-state index in [0.29, 0.717) is 12.6 Å². The molecule has 1 atom stereocenters. The molecule has 1 fully saturated rings. The molecule has 102 valence electrons. The minimum absolute atomic E-state index is 0.364. The molecule has 18 heavy (non-hydrogen) atoms. The highest BCUT2D eigenvalue weighted by Gasteiger charge is 2.26. The third kappa shape index (κ3) is 3.33. The minimum Gasteiger partial charge on any atom is -0.384 e. The van der Waals surface area contributed by atoms with E-state index in [9.17, 15) is 0 Å². The number of methoxy groups -OCH3 is 1. The summed E-state index contributed by atoms with van der Waals surface area (Å²) in [5.74, 6) is 0.719. The van der Waals surface area contributed by atoms with Crippen LogP contribution < -0.4 is 5.73 Å². The number of hydrogen-bond donors (Lipinski definition) is 1. The number of likely N-dealkylation sites (tertiary alicyclic amines) is 1. The average Bonchev–Trinajstić information content (AvgIpc) is 2.79. The second-order valence-electron chi connectivity index (χ2n) is 4.82. The molecule has 1 aromatic heterocycles. The fourth-order valence-electron chi connectivity index (χ4n) is 2.63. The van der Waals surface area contributed by atoms with Gasteiger partial charge in [-0.2, -0.15) is 0 Å². The Hall–Kier alpha value is 0.0600. The summed E-state index contributed by atoms with van der Waals surface area (Å²) < 4.78 is 6.44. The van der Waals surface area contributed by atoms with Crippen molar-refractivity contribution in [3.63, 3.8) is 0 Å². The molecular formula is C13H21BrN2OS. The van der Waals surface area contributed by atoms with Crippen LogP contribution in [0.25, 0.3) is 0 Å². The smallest absolute Gasteiger partial charge is 0.0575 e. The van der Waals surface area contributed by atoms with Gasteiger partial charge in [-0.15, -0.1) is 11.3 Å². The first kappa shape index (κ1) is 14.5. The number of piperidine rings is 1. The Morgan fingerprint density at radius 2 is 2.28 bits per heavy atom. The molecule has 2 N–H and O–H groups in total. The zero-order valence-corrected chi connectivity index (χ0v) is 13.2. The maximum Gasteiger partial charge on any atom is 0.0575 e. The molecule has 5 heteroatoms. The highest BCUT2D eigenvalue weighted by atomic mass is 79.9. The normalized spacial score (nSPS) is 20.2. The SMILES string of the molecule is COCC1CCN(C(CN)c2sccc2Br)CC1. The Bertz CT molecular complexity index is 364. The standard InChI is InChI=1S/C13H21BrN2OS/c1-17-9-10-2-5-16(6-3-10)12(8-15)13-11(14)4-7-18-13/h4,7,10,12H,2-3,5-6,8-9,15H2,1H3. The van der Waals surface area contributed by atoms with Crippen LogP contribution in [0.5, 0.6) is 0 Å². The predicted octanol–water partition coefficient (Wildman–Crippen LogP) is 2.87. The predicted molar refractivity (Wildman–Crippen MR) is 80.0 cm³/mol. The molecule has 0 radical (unpaired) electrons. The Morgan fingerprint density at radius 3 is 2.78 bits per heavy atom. The molecule has 0 bridgehead atoms. The van der Waals surface area contributed by atoms with Gasteiger partial charge in [-0.3, -0.25) is 4.90 Å². The van der Waals surface area contributed by atoms with Gasteiger partial charge in [0.15, 0.2) is 0 Å². The summed E-state index contributed by atoms with van der Waals surface area (Å²) in [5, 5.41) is 2.12. The minimum atomic E-state index is 0.364. The van der Waals surface area contributed by atoms with E-state index in [1.165, 1.54) is 22.2 Å². The van der Waals surface area contributed by atoms with Crippen LogP contribution in [-0.4, -0.2) is 38.3 Å². The van der Waals surface area contributed by atoms with Gasteiger partial charge < -0.3 is 10.5 Å². The van der Waals surface area contributed by atoms with Crippen molar-refractivity contribution >= 4 is 27.3 Å². The third-order valence-corrected chi connectivity index (χ3v) is 5.63. The second-order valence-corrected chi connectivity index (χ2v) is 6.62. The number of rotatable bonds is 5. The van der Waals surface area contributed by atoms with Gasteiger partial charge in [-0.05, 0) is 59.2 Å². The monoisotopic (exact) mass is 332 g/mol. The number of nitrogens with zero attached hydrogens (tertiary/aromatic N) is 1. The van der Waals surface area contributed by atoms with E-state index >= 15 is 0 Å². The van der Waals surface area contributed by atoms with Gasteiger partial charge in [0.2, 0.25) is 0 Å². The van der Waals surface area contributed by atoms with Crippen LogP contribution in [-0.2, 0) is 4.74 Å². The molecule has 0 amide bonds. The third-order valence-electron chi connectivity index (χ3n) is 3.66. The Kier molecular flexibility index (Phi) is 5.63. The number of hydrogen-bond acceptors (Lipinski definition) is 4. The molecule has 1 aromatic rings. The number of nitrogens with two attached hydrogens (primary N) is 1. The summed E-state index contributed by atoms with van der Waals surface area (Å²) in [4.78, 5) is 3.88. The van der Waals surface area contributed by atoms with Crippen molar-refractivity contribution < 1.29 is 4.74 Å². The van der Waals surface area contributed by atoms with E-state index in [0.717, 1.165) is 25.6 Å². The first-order chi connectivity index (χ1) is 8.76. The molecule has 0 aliphatic carbocycles. The van der Waals surface area contributed by atoms with Crippen LogP contribution in [0.3, 0.4) is 0 Å². The van der Waals surface area contributed by atoms with Gasteiger partial charge in [-0.25, -0.2) is 0 Å². The molecule has 1 aliphatic heterocycles. The number of halogens is 1. The van der Waals surface area contributed by atoms with Gasteiger partial charge in [0.1, 0.15) is 0 Å². The summed E-state index contributed by atoms with van der Waals surface area (Å²) >= 11 is 5.41. The molecule has 2 rings (SSSR count). The zero-order chi connectivity index (χ0) is 13.0. The molecule has 1 unspecified atom stereocenters. The van der Waals surface area contributed by atoms with Gasteiger partial charge in [0, 0.05) is 29.6 Å². The topological polar surface area (TPSA) is 38.5 Å². The maximum atomic E-state index is 5.98. The van der Waals surface area contributed by atoms with Crippen molar-refractivity contribution in [1.82, 2.24) is 4.90 Å². The Labute approximate surface area is 121 Å². The molecule has 1 aliphatic rings. The van der Waals surface area contributed by atoms with Gasteiger partial charge in [0.25, 0.3) is 0 Å². The Morgan fingerprint density at radius 1 is 1.56 bits per heavy atom. The van der Waals surface area contributed by atoms with Crippen LogP contribution in [0.15, 0.2) is 15.9 Å². The first-order valence-electron chi connectivity index (χ1n) is 6.42. The molecule has 0 aromatic carbocycles. The molecular weight excluding hydrogens is 312 g/mol. The summed E-state index contributed by atoms with van der Waals surface area (Å²) in [5.41, 5.74) is 5.98. The van der Waals surface area contributed by atoms with Crippen LogP contribution in [0.1, 0.15) is 23.8 Å². The van der Waals surface area contributed by atoms with Crippen molar-refractivity contribution in [2.45, 2.75) is 18.9 Å². The quantitative estimate of drug-likeness (QED) is 0.900. The second kappa shape index (κ2) is 7.01. The van der Waals surface area contributed by atoms with E-state index in [2.05, 4.69) is 32.3 Å². The summed E-state index contributed by atoms with van der Waals surface area (Å²) in [6.45, 7) is 3.83. The molecule has 1 saturated heterocycles. The van der Waals surface area contributed by atoms with Gasteiger partial charge in [-0.1, -0.05) is 0 Å². The van der Waals surface area contributed by atoms with E-state index in [1.807, 2.05) is 0 Å². The van der Waals surface area contributed by atoms with Crippen molar-refractivity contribution in [2.75, 3.05) is 33.4 Å². The molecule has 3 nitrogen and oxygen atoms in total. The Balaban J connectivity index is 1.97. The largest absolute Gasteiger partial charge is 0.384 e. The lowest BCUT2D eigenvalue weighted by Crippen LogP contribution is -2.40. The van der Waals surface area contributed by atoms with E-state index in [1.54, 1.807) is 18.4 Å². The molecule has 0 spiro atoms. The van der Waals surface area contributed by atoms with E-state index < -0.39 is 0 Å². The van der Waals surface area contributed by atoms with Gasteiger partial charge >= 0.3 is 0 Å². The summed E-state index contributed by atoms with van der Waals surface area (Å²) in [6, 6.07) is 2.48. The first-order valence-corrected chi connectivity index (χ1v) is 8.09. The summed E-state index contributed by atoms with van der Waals surface area (Å²) in [7, 11) is 1.79. The molecule has 2 heterocycles. The fraction of sp³-hybridized carbons (Fsp3) is 0.692. The van der Waals surface area contributed by atoms with Crippen LogP contribution in [0.4, 0.5) is 0 Å². The van der Waals surface area contributed by atoms with Crippen molar-refractivity contribution in [3.05, 3.63) is 20.8 Å². The van der Waals surface area contributed by atoms with E-state index in [4.69, 9.17) is 10.5 Å². The highest BCUT2D eigenvalue weighted by molar-refractivity contribution is 9.10. The maximum absolute atomic E-state index is 5.98. The fourth-order valence-corrected chi connectivity index (χ4v) is 4.42. The lowest BCUT2D eigenvalue weighted by atomic mass is 9.96. The van der Waals surface area contributed by atoms with Crippen molar-refractivity contribution in [3.8, 4) is 0 Å². The lowest BCUT2D eigenvalue weighted by molar-refractivity contribution is 0.0817. The van der Waals surface area contributed by atoms with Crippen LogP contribution >= 0.6 is 27.3 Å². The van der Waals surface area contributed by atoms with Crippen molar-refractivity contribution in [2.24, 2.45) is 11.7 Å². The van der Waals surface area contributed by atoms with E-state index in [-0.39, 0.29) is 0 Å². The zero-order valence-electron chi connectivity index (χ0n) is 10.8. The van der Waals surface area contributed by atoms with Crippen LogP contribution in [0, 0.1) is 5.92 Å². The summed E-state index contributed by atoms with van der Waals surface area (Å²) in [6.07, 6.45) is 2.43. The lowest BCUT2D eigenvalue weighted by Gasteiger charge is -2.36. The van der Waals surface area contributed by atoms with Crippen LogP contribution in [0.2, 0.25) is 0 Å². The number of thiophene rings is 1. The van der Waals surface area contributed by atoms with Crippen molar-refractivity contribution in [1.29, 1.82) is 0 Å². The highest BCUT2D eigenvalue weighted by Crippen LogP contribution is 2.34.